The van der Waals surface area contributed by atoms with Gasteiger partial charge in [0.05, 0.1) is 32.4 Å². The van der Waals surface area contributed by atoms with Gasteiger partial charge in [-0.3, -0.25) is 10.1 Å². The molecule has 1 aromatic heterocycles. The predicted octanol–water partition coefficient (Wildman–Crippen LogP) is 3.54. The number of benzene rings is 2. The molecule has 0 spiro atoms. The monoisotopic (exact) mass is 338 g/mol. The van der Waals surface area contributed by atoms with Crippen LogP contribution < -0.4 is 14.8 Å². The summed E-state index contributed by atoms with van der Waals surface area (Å²) < 4.78 is 15.8. The highest BCUT2D eigenvalue weighted by Crippen LogP contribution is 2.35. The van der Waals surface area contributed by atoms with Crippen molar-refractivity contribution in [3.63, 3.8) is 0 Å². The molecule has 0 fully saturated rings. The Hall–Kier alpha value is -3.28. The standard InChI is InChI=1S/C19H18N2O4/c1-23-16-9-8-14(11-17(16)24-2)15-12-20-25-19(15)21-18(22)10-13-6-4-3-5-7-13/h3-9,11-12H,10H2,1-2H3,(H,21,22). The van der Waals surface area contributed by atoms with E-state index in [1.54, 1.807) is 32.5 Å². The highest BCUT2D eigenvalue weighted by Gasteiger charge is 2.15. The first-order valence-corrected chi connectivity index (χ1v) is 7.72. The molecule has 0 atom stereocenters. The number of nitrogens with zero attached hydrogens (tertiary/aromatic N) is 1. The predicted molar refractivity (Wildman–Crippen MR) is 93.8 cm³/mol. The molecule has 3 rings (SSSR count). The fourth-order valence-corrected chi connectivity index (χ4v) is 2.49. The van der Waals surface area contributed by atoms with Crippen molar-refractivity contribution in [2.75, 3.05) is 19.5 Å². The first-order chi connectivity index (χ1) is 12.2. The van der Waals surface area contributed by atoms with Crippen LogP contribution in [-0.4, -0.2) is 25.3 Å². The van der Waals surface area contributed by atoms with Crippen molar-refractivity contribution in [3.05, 3.63) is 60.3 Å². The van der Waals surface area contributed by atoms with Crippen LogP contribution in [0.15, 0.2) is 59.3 Å². The van der Waals surface area contributed by atoms with E-state index >= 15 is 0 Å². The van der Waals surface area contributed by atoms with Crippen molar-refractivity contribution in [1.82, 2.24) is 5.16 Å². The van der Waals surface area contributed by atoms with Gasteiger partial charge >= 0.3 is 0 Å². The maximum atomic E-state index is 12.2. The summed E-state index contributed by atoms with van der Waals surface area (Å²) in [6, 6.07) is 14.9. The number of amides is 1. The molecule has 0 radical (unpaired) electrons. The summed E-state index contributed by atoms with van der Waals surface area (Å²) in [7, 11) is 3.14. The summed E-state index contributed by atoms with van der Waals surface area (Å²) in [5.41, 5.74) is 2.39. The number of hydrogen-bond donors (Lipinski definition) is 1. The van der Waals surface area contributed by atoms with Crippen LogP contribution >= 0.6 is 0 Å². The molecule has 1 amide bonds. The van der Waals surface area contributed by atoms with Gasteiger partial charge in [-0.15, -0.1) is 0 Å². The Balaban J connectivity index is 1.80. The van der Waals surface area contributed by atoms with Crippen molar-refractivity contribution in [2.24, 2.45) is 0 Å². The fraction of sp³-hybridized carbons (Fsp3) is 0.158. The molecule has 0 bridgehead atoms. The lowest BCUT2D eigenvalue weighted by atomic mass is 10.1. The van der Waals surface area contributed by atoms with Crippen LogP contribution in [-0.2, 0) is 11.2 Å². The molecule has 1 heterocycles. The number of carbonyl (C=O) groups is 1. The number of carbonyl (C=O) groups excluding carboxylic acids is 1. The zero-order chi connectivity index (χ0) is 17.6. The summed E-state index contributed by atoms with van der Waals surface area (Å²) in [5.74, 6) is 1.33. The zero-order valence-electron chi connectivity index (χ0n) is 14.0. The van der Waals surface area contributed by atoms with Crippen LogP contribution in [0.25, 0.3) is 11.1 Å². The Labute approximate surface area is 145 Å². The molecule has 2 aromatic carbocycles. The van der Waals surface area contributed by atoms with Gasteiger partial charge in [-0.25, -0.2) is 0 Å². The Kier molecular flexibility index (Phi) is 4.99. The Bertz CT molecular complexity index is 859. The highest BCUT2D eigenvalue weighted by atomic mass is 16.5. The van der Waals surface area contributed by atoms with Crippen LogP contribution in [0.5, 0.6) is 11.5 Å². The van der Waals surface area contributed by atoms with E-state index in [2.05, 4.69) is 10.5 Å². The summed E-state index contributed by atoms with van der Waals surface area (Å²) in [6.07, 6.45) is 1.81. The van der Waals surface area contributed by atoms with Crippen LogP contribution in [0.3, 0.4) is 0 Å². The summed E-state index contributed by atoms with van der Waals surface area (Å²) in [6.45, 7) is 0. The second-order valence-electron chi connectivity index (χ2n) is 5.35. The summed E-state index contributed by atoms with van der Waals surface area (Å²) >= 11 is 0. The maximum absolute atomic E-state index is 12.2. The topological polar surface area (TPSA) is 73.6 Å². The molecule has 6 heteroatoms. The third-order valence-electron chi connectivity index (χ3n) is 3.73. The number of nitrogens with one attached hydrogen (secondary N) is 1. The van der Waals surface area contributed by atoms with E-state index in [0.29, 0.717) is 22.9 Å². The third-order valence-corrected chi connectivity index (χ3v) is 3.73. The molecule has 25 heavy (non-hydrogen) atoms. The summed E-state index contributed by atoms with van der Waals surface area (Å²) in [5, 5.41) is 6.56. The minimum atomic E-state index is -0.176. The minimum absolute atomic E-state index is 0.176. The van der Waals surface area contributed by atoms with Crippen LogP contribution in [0, 0.1) is 0 Å². The van der Waals surface area contributed by atoms with E-state index in [-0.39, 0.29) is 12.3 Å². The number of aromatic nitrogens is 1. The zero-order valence-corrected chi connectivity index (χ0v) is 14.0. The van der Waals surface area contributed by atoms with Crippen molar-refractivity contribution in [1.29, 1.82) is 0 Å². The van der Waals surface area contributed by atoms with Gasteiger partial charge in [-0.2, -0.15) is 0 Å². The third kappa shape index (κ3) is 3.80. The first-order valence-electron chi connectivity index (χ1n) is 7.72. The Morgan fingerprint density at radius 2 is 1.84 bits per heavy atom. The van der Waals surface area contributed by atoms with E-state index in [9.17, 15) is 4.79 Å². The molecule has 0 unspecified atom stereocenters. The van der Waals surface area contributed by atoms with Gasteiger partial charge in [-0.1, -0.05) is 41.6 Å². The lowest BCUT2D eigenvalue weighted by Crippen LogP contribution is -2.14. The van der Waals surface area contributed by atoms with Crippen molar-refractivity contribution >= 4 is 11.8 Å². The average molecular weight is 338 g/mol. The quantitative estimate of drug-likeness (QED) is 0.744. The Morgan fingerprint density at radius 1 is 1.08 bits per heavy atom. The first kappa shape index (κ1) is 16.6. The van der Waals surface area contributed by atoms with Crippen LogP contribution in [0.1, 0.15) is 5.56 Å². The van der Waals surface area contributed by atoms with E-state index in [1.165, 1.54) is 0 Å². The van der Waals surface area contributed by atoms with E-state index in [1.807, 2.05) is 36.4 Å². The molecule has 6 nitrogen and oxygen atoms in total. The molecule has 1 N–H and O–H groups in total. The molecular weight excluding hydrogens is 320 g/mol. The lowest BCUT2D eigenvalue weighted by molar-refractivity contribution is -0.115. The normalized spacial score (nSPS) is 10.3. The number of ether oxygens (including phenoxy) is 2. The van der Waals surface area contributed by atoms with Gasteiger partial charge in [0.2, 0.25) is 11.8 Å². The number of hydrogen-bond acceptors (Lipinski definition) is 5. The second kappa shape index (κ2) is 7.53. The number of anilines is 1. The molecule has 0 saturated carbocycles. The Morgan fingerprint density at radius 3 is 2.56 bits per heavy atom. The minimum Gasteiger partial charge on any atom is -0.493 e. The SMILES string of the molecule is COc1ccc(-c2cnoc2NC(=O)Cc2ccccc2)cc1OC. The van der Waals surface area contributed by atoms with Gasteiger partial charge in [0.15, 0.2) is 11.5 Å². The molecular formula is C19H18N2O4. The average Bonchev–Trinajstić information content (AvgIpc) is 3.09. The second-order valence-corrected chi connectivity index (χ2v) is 5.35. The van der Waals surface area contributed by atoms with Crippen LogP contribution in [0.4, 0.5) is 5.88 Å². The maximum Gasteiger partial charge on any atom is 0.239 e. The van der Waals surface area contributed by atoms with Gasteiger partial charge in [0.25, 0.3) is 0 Å². The van der Waals surface area contributed by atoms with Crippen molar-refractivity contribution in [3.8, 4) is 22.6 Å². The van der Waals surface area contributed by atoms with Gasteiger partial charge < -0.3 is 14.0 Å². The molecule has 0 aliphatic rings. The van der Waals surface area contributed by atoms with Gasteiger partial charge in [-0.05, 0) is 23.3 Å². The van der Waals surface area contributed by atoms with E-state index in [0.717, 1.165) is 11.1 Å². The van der Waals surface area contributed by atoms with E-state index in [4.69, 9.17) is 14.0 Å². The number of rotatable bonds is 6. The smallest absolute Gasteiger partial charge is 0.239 e. The molecule has 128 valence electrons. The molecule has 0 aliphatic heterocycles. The van der Waals surface area contributed by atoms with Gasteiger partial charge in [0, 0.05) is 0 Å². The van der Waals surface area contributed by atoms with Gasteiger partial charge in [0.1, 0.15) is 0 Å². The molecule has 0 saturated heterocycles. The molecule has 0 aliphatic carbocycles. The van der Waals surface area contributed by atoms with Crippen molar-refractivity contribution < 1.29 is 18.8 Å². The molecule has 3 aromatic rings. The largest absolute Gasteiger partial charge is 0.493 e. The van der Waals surface area contributed by atoms with E-state index < -0.39 is 0 Å². The highest BCUT2D eigenvalue weighted by molar-refractivity contribution is 5.94. The lowest BCUT2D eigenvalue weighted by Gasteiger charge is -2.09. The fourth-order valence-electron chi connectivity index (χ4n) is 2.49. The summed E-state index contributed by atoms with van der Waals surface area (Å²) in [4.78, 5) is 12.2. The number of methoxy groups -OCH3 is 2. The van der Waals surface area contributed by atoms with Crippen molar-refractivity contribution in [2.45, 2.75) is 6.42 Å². The van der Waals surface area contributed by atoms with Crippen LogP contribution in [0.2, 0.25) is 0 Å².